The number of rotatable bonds is 2. The first kappa shape index (κ1) is 19.5. The minimum absolute atomic E-state index is 0. The summed E-state index contributed by atoms with van der Waals surface area (Å²) in [6, 6.07) is 0. The number of hydrogen-bond acceptors (Lipinski definition) is 3. The van der Waals surface area contributed by atoms with Crippen LogP contribution in [0.2, 0.25) is 0 Å². The summed E-state index contributed by atoms with van der Waals surface area (Å²) >= 11 is 0. The zero-order chi connectivity index (χ0) is 7.71. The Morgan fingerprint density at radius 3 is 1.09 bits per heavy atom. The topological polar surface area (TPSA) is 124 Å². The Labute approximate surface area is 127 Å². The van der Waals surface area contributed by atoms with Crippen LogP contribution in [0.1, 0.15) is 0 Å². The fraction of sp³-hybridized carbons (Fsp3) is 0. The number of phosphoric acid groups is 2. The molecular weight excluding hydrogens is 236 g/mol. The molecule has 0 saturated heterocycles. The Morgan fingerprint density at radius 2 is 1.09 bits per heavy atom. The van der Waals surface area contributed by atoms with E-state index in [2.05, 4.69) is 4.31 Å². The van der Waals surface area contributed by atoms with E-state index in [-0.39, 0.29) is 80.9 Å². The van der Waals surface area contributed by atoms with Gasteiger partial charge in [-0.3, -0.25) is 0 Å². The van der Waals surface area contributed by atoms with Crippen molar-refractivity contribution in [2.45, 2.75) is 0 Å². The SMILES string of the molecule is O=P(O)(O)OP(=O)(O)O.[KH].[NaH]. The van der Waals surface area contributed by atoms with Crippen molar-refractivity contribution in [3.8, 4) is 0 Å². The van der Waals surface area contributed by atoms with Crippen molar-refractivity contribution in [2.75, 3.05) is 0 Å². The van der Waals surface area contributed by atoms with Crippen LogP contribution in [0.15, 0.2) is 0 Å². The Balaban J connectivity index is -0.000000320. The molecule has 0 aromatic carbocycles. The molecule has 0 amide bonds. The first-order valence-corrected chi connectivity index (χ1v) is 4.59. The van der Waals surface area contributed by atoms with Crippen molar-refractivity contribution >= 4 is 96.6 Å². The third-order valence-electron chi connectivity index (χ3n) is 0.213. The molecule has 0 rings (SSSR count). The molecule has 0 aliphatic carbocycles. The van der Waals surface area contributed by atoms with Crippen molar-refractivity contribution in [3.05, 3.63) is 0 Å². The van der Waals surface area contributed by atoms with Crippen molar-refractivity contribution in [1.82, 2.24) is 0 Å². The predicted octanol–water partition coefficient (Wildman–Crippen LogP) is -2.11. The van der Waals surface area contributed by atoms with Crippen LogP contribution in [-0.4, -0.2) is 101 Å². The minimum atomic E-state index is -5.05. The van der Waals surface area contributed by atoms with Crippen LogP contribution >= 0.6 is 15.6 Å². The Bertz CT molecular complexity index is 157. The summed E-state index contributed by atoms with van der Waals surface area (Å²) in [6.45, 7) is 0. The molecule has 0 aromatic heterocycles. The van der Waals surface area contributed by atoms with Crippen LogP contribution < -0.4 is 0 Å². The summed E-state index contributed by atoms with van der Waals surface area (Å²) in [5.74, 6) is 0. The average molecular weight is 242 g/mol. The third-order valence-corrected chi connectivity index (χ3v) is 1.91. The van der Waals surface area contributed by atoms with E-state index in [0.717, 1.165) is 0 Å². The fourth-order valence-corrected chi connectivity index (χ4v) is 1.25. The summed E-state index contributed by atoms with van der Waals surface area (Å²) in [6.07, 6.45) is 0. The Kier molecular flexibility index (Phi) is 12.8. The van der Waals surface area contributed by atoms with Gasteiger partial charge in [0, 0.05) is 0 Å². The zero-order valence-corrected chi connectivity index (χ0v) is 5.70. The monoisotopic (exact) mass is 242 g/mol. The van der Waals surface area contributed by atoms with Crippen LogP contribution in [0.4, 0.5) is 0 Å². The van der Waals surface area contributed by atoms with Gasteiger partial charge >= 0.3 is 96.6 Å². The molecule has 0 heterocycles. The van der Waals surface area contributed by atoms with E-state index in [1.807, 2.05) is 0 Å². The normalized spacial score (nSPS) is 11.3. The first-order valence-electron chi connectivity index (χ1n) is 1.53. The van der Waals surface area contributed by atoms with Gasteiger partial charge in [0.2, 0.25) is 0 Å². The van der Waals surface area contributed by atoms with Gasteiger partial charge in [-0.25, -0.2) is 9.13 Å². The third kappa shape index (κ3) is 19.3. The van der Waals surface area contributed by atoms with Crippen LogP contribution in [0.5, 0.6) is 0 Å². The molecule has 0 aromatic rings. The summed E-state index contributed by atoms with van der Waals surface area (Å²) in [5, 5.41) is 0. The van der Waals surface area contributed by atoms with Gasteiger partial charge in [-0.05, 0) is 0 Å². The van der Waals surface area contributed by atoms with E-state index in [1.165, 1.54) is 0 Å². The van der Waals surface area contributed by atoms with Gasteiger partial charge in [0.25, 0.3) is 0 Å². The van der Waals surface area contributed by atoms with E-state index in [9.17, 15) is 9.13 Å². The molecule has 11 heteroatoms. The molecule has 60 valence electrons. The molecule has 0 fully saturated rings. The van der Waals surface area contributed by atoms with Gasteiger partial charge in [0.15, 0.2) is 0 Å². The van der Waals surface area contributed by atoms with Crippen LogP contribution in [0.25, 0.3) is 0 Å². The second kappa shape index (κ2) is 7.22. The van der Waals surface area contributed by atoms with Gasteiger partial charge < -0.3 is 19.6 Å². The molecule has 11 heavy (non-hydrogen) atoms. The fourth-order valence-electron chi connectivity index (χ4n) is 0.139. The van der Waals surface area contributed by atoms with Gasteiger partial charge in [0.1, 0.15) is 0 Å². The maximum atomic E-state index is 9.63. The standard InChI is InChI=1S/K.Na.H4O7P2.2H/c;;1-8(2,3)7-9(4,5)6;;/h;;(H2,1,2,3)(H2,4,5,6);;. The second-order valence-corrected chi connectivity index (χ2v) is 3.68. The molecule has 0 spiro atoms. The maximum absolute atomic E-state index is 9.63. The van der Waals surface area contributed by atoms with Gasteiger partial charge in [-0.1, -0.05) is 0 Å². The average Bonchev–Trinajstić information content (AvgIpc) is 1.14. The van der Waals surface area contributed by atoms with Crippen molar-refractivity contribution in [2.24, 2.45) is 0 Å². The van der Waals surface area contributed by atoms with Crippen molar-refractivity contribution in [3.63, 3.8) is 0 Å². The Morgan fingerprint density at radius 1 is 0.909 bits per heavy atom. The molecule has 0 aliphatic heterocycles. The number of hydrogen-bond donors (Lipinski definition) is 4. The van der Waals surface area contributed by atoms with E-state index in [4.69, 9.17) is 19.6 Å². The molecule has 0 aliphatic rings. The molecule has 0 saturated carbocycles. The van der Waals surface area contributed by atoms with Crippen LogP contribution in [0.3, 0.4) is 0 Å². The molecule has 7 nitrogen and oxygen atoms in total. The van der Waals surface area contributed by atoms with Gasteiger partial charge in [0.05, 0.1) is 0 Å². The zero-order valence-electron chi connectivity index (χ0n) is 3.91. The summed E-state index contributed by atoms with van der Waals surface area (Å²) < 4.78 is 22.2. The quantitative estimate of drug-likeness (QED) is 0.322. The summed E-state index contributed by atoms with van der Waals surface area (Å²) in [5.41, 5.74) is 0. The first-order chi connectivity index (χ1) is 3.71. The van der Waals surface area contributed by atoms with E-state index >= 15 is 0 Å². The molecule has 0 atom stereocenters. The summed E-state index contributed by atoms with van der Waals surface area (Å²) in [4.78, 5) is 31.0. The Hall–Kier alpha value is 2.90. The van der Waals surface area contributed by atoms with Crippen molar-refractivity contribution < 1.29 is 33.0 Å². The predicted molar refractivity (Wildman–Crippen MR) is 39.5 cm³/mol. The van der Waals surface area contributed by atoms with Crippen LogP contribution in [-0.2, 0) is 13.4 Å². The van der Waals surface area contributed by atoms with E-state index < -0.39 is 15.6 Å². The molecule has 4 N–H and O–H groups in total. The van der Waals surface area contributed by atoms with Gasteiger partial charge in [-0.2, -0.15) is 4.31 Å². The van der Waals surface area contributed by atoms with Crippen molar-refractivity contribution in [1.29, 1.82) is 0 Å². The van der Waals surface area contributed by atoms with Crippen LogP contribution in [0, 0.1) is 0 Å². The molecule has 0 bridgehead atoms. The molecule has 0 radical (unpaired) electrons. The van der Waals surface area contributed by atoms with E-state index in [1.54, 1.807) is 0 Å². The van der Waals surface area contributed by atoms with E-state index in [0.29, 0.717) is 0 Å². The second-order valence-electron chi connectivity index (χ2n) is 1.06. The summed E-state index contributed by atoms with van der Waals surface area (Å²) in [7, 11) is -10.1. The molecule has 0 unspecified atom stereocenters. The molecular formula is H6KNaO7P2. The van der Waals surface area contributed by atoms with Gasteiger partial charge in [-0.15, -0.1) is 0 Å².